The van der Waals surface area contributed by atoms with E-state index in [9.17, 15) is 19.0 Å². The van der Waals surface area contributed by atoms with Crippen molar-refractivity contribution in [1.82, 2.24) is 0 Å². The van der Waals surface area contributed by atoms with Crippen molar-refractivity contribution >= 4 is 19.8 Å². The number of nitrogens with zero attached hydrogens (tertiary/aromatic N) is 1. The summed E-state index contributed by atoms with van der Waals surface area (Å²) in [5.41, 5.74) is 0. The summed E-state index contributed by atoms with van der Waals surface area (Å²) < 4.78 is 34.0. The van der Waals surface area contributed by atoms with E-state index >= 15 is 0 Å². The van der Waals surface area contributed by atoms with Crippen LogP contribution in [0.3, 0.4) is 0 Å². The van der Waals surface area contributed by atoms with Crippen molar-refractivity contribution in [3.8, 4) is 0 Å². The fraction of sp³-hybridized carbons (Fsp3) is 0.800. The number of allylic oxidation sites excluding steroid dienone is 8. The molecule has 0 aliphatic heterocycles. The number of hydrogen-bond donors (Lipinski definition) is 0. The summed E-state index contributed by atoms with van der Waals surface area (Å²) in [4.78, 5) is 37.6. The normalized spacial score (nSPS) is 13.9. The lowest BCUT2D eigenvalue weighted by molar-refractivity contribution is -0.870. The summed E-state index contributed by atoms with van der Waals surface area (Å²) in [6.45, 7) is 4.18. The van der Waals surface area contributed by atoms with E-state index in [1.165, 1.54) is 116 Å². The zero-order valence-electron chi connectivity index (χ0n) is 39.4. The Balaban J connectivity index is 4.33. The molecule has 0 rings (SSSR count). The number of esters is 2. The van der Waals surface area contributed by atoms with Gasteiger partial charge in [0.15, 0.2) is 6.10 Å². The molecule has 0 spiro atoms. The molecule has 0 aromatic carbocycles. The Morgan fingerprint density at radius 3 is 1.38 bits per heavy atom. The van der Waals surface area contributed by atoms with Gasteiger partial charge in [-0.3, -0.25) is 14.2 Å². The lowest BCUT2D eigenvalue weighted by Gasteiger charge is -2.28. The Hall–Kier alpha value is -2.03. The predicted octanol–water partition coefficient (Wildman–Crippen LogP) is 13.6. The number of phosphoric ester groups is 1. The number of quaternary nitrogens is 1. The highest BCUT2D eigenvalue weighted by molar-refractivity contribution is 7.45. The Morgan fingerprint density at radius 2 is 0.900 bits per heavy atom. The van der Waals surface area contributed by atoms with Gasteiger partial charge in [-0.25, -0.2) is 0 Å². The van der Waals surface area contributed by atoms with Crippen molar-refractivity contribution in [3.63, 3.8) is 0 Å². The van der Waals surface area contributed by atoms with Gasteiger partial charge in [0.1, 0.15) is 19.8 Å². The number of phosphoric acid groups is 1. The van der Waals surface area contributed by atoms with Crippen LogP contribution in [0.2, 0.25) is 0 Å². The molecular weight excluding hydrogens is 774 g/mol. The topological polar surface area (TPSA) is 111 Å². The third kappa shape index (κ3) is 45.5. The monoisotopic (exact) mass is 866 g/mol. The molecule has 10 heteroatoms. The largest absolute Gasteiger partial charge is 0.756 e. The van der Waals surface area contributed by atoms with Crippen molar-refractivity contribution < 1.29 is 42.1 Å². The van der Waals surface area contributed by atoms with Gasteiger partial charge < -0.3 is 27.9 Å². The van der Waals surface area contributed by atoms with Gasteiger partial charge in [0.05, 0.1) is 27.7 Å². The molecule has 0 bridgehead atoms. The molecule has 0 aliphatic rings. The van der Waals surface area contributed by atoms with E-state index in [2.05, 4.69) is 62.5 Å². The molecule has 1 unspecified atom stereocenters. The van der Waals surface area contributed by atoms with Gasteiger partial charge in [-0.15, -0.1) is 0 Å². The van der Waals surface area contributed by atoms with E-state index in [-0.39, 0.29) is 26.1 Å². The fourth-order valence-corrected chi connectivity index (χ4v) is 7.21. The molecule has 0 aromatic rings. The van der Waals surface area contributed by atoms with Crippen molar-refractivity contribution in [2.75, 3.05) is 47.5 Å². The standard InChI is InChI=1S/C50H92NO8P/c1-6-8-10-12-14-16-18-20-22-24-25-27-28-30-32-34-36-38-40-42-49(52)56-46-48(47-58-60(54,55)57-45-44-51(3,4)5)59-50(53)43-41-39-37-35-33-31-29-26-23-21-19-17-15-13-11-9-7-2/h15,17,20-23,29,31,48H,6-14,16,18-19,24-28,30,32-47H2,1-5H3/b17-15+,22-20+,23-21+,31-29+/t48-/m1/s1. The first kappa shape index (κ1) is 58.0. The molecule has 0 saturated carbocycles. The summed E-state index contributed by atoms with van der Waals surface area (Å²) in [5, 5.41) is 0. The molecule has 0 N–H and O–H groups in total. The number of rotatable bonds is 44. The van der Waals surface area contributed by atoms with E-state index < -0.39 is 32.5 Å². The highest BCUT2D eigenvalue weighted by Gasteiger charge is 2.21. The lowest BCUT2D eigenvalue weighted by Crippen LogP contribution is -2.37. The van der Waals surface area contributed by atoms with Gasteiger partial charge >= 0.3 is 11.9 Å². The summed E-state index contributed by atoms with van der Waals surface area (Å²) in [7, 11) is 1.15. The molecule has 0 fully saturated rings. The average molecular weight is 866 g/mol. The molecule has 0 aromatic heterocycles. The molecule has 0 radical (unpaired) electrons. The number of ether oxygens (including phenoxy) is 2. The van der Waals surface area contributed by atoms with Crippen LogP contribution in [0.1, 0.15) is 206 Å². The maximum Gasteiger partial charge on any atom is 0.306 e. The molecule has 0 aliphatic carbocycles. The van der Waals surface area contributed by atoms with E-state index in [1.807, 2.05) is 21.1 Å². The van der Waals surface area contributed by atoms with Gasteiger partial charge in [-0.1, -0.05) is 165 Å². The van der Waals surface area contributed by atoms with Gasteiger partial charge in [0.25, 0.3) is 7.82 Å². The van der Waals surface area contributed by atoms with Gasteiger partial charge in [-0.05, 0) is 77.0 Å². The SMILES string of the molecule is CCCCC/C=C/C/C=C/C/C=C/CCCCCCC(=O)O[C@H](COC(=O)CCCCCCCCCCC/C=C/CCCCCCCC)COP(=O)([O-])OCC[N+](C)(C)C. The number of carbonyl (C=O) groups is 2. The second kappa shape index (κ2) is 42.3. The van der Waals surface area contributed by atoms with Crippen molar-refractivity contribution in [2.45, 2.75) is 213 Å². The average Bonchev–Trinajstić information content (AvgIpc) is 3.20. The van der Waals surface area contributed by atoms with E-state index in [0.717, 1.165) is 57.8 Å². The van der Waals surface area contributed by atoms with Crippen LogP contribution < -0.4 is 4.89 Å². The van der Waals surface area contributed by atoms with E-state index in [4.69, 9.17) is 18.5 Å². The number of likely N-dealkylation sites (N-methyl/N-ethyl adjacent to an activating group) is 1. The molecule has 60 heavy (non-hydrogen) atoms. The summed E-state index contributed by atoms with van der Waals surface area (Å²) >= 11 is 0. The Labute approximate surface area is 369 Å². The second-order valence-corrected chi connectivity index (χ2v) is 18.9. The third-order valence-corrected chi connectivity index (χ3v) is 11.3. The van der Waals surface area contributed by atoms with Crippen LogP contribution in [0.5, 0.6) is 0 Å². The van der Waals surface area contributed by atoms with E-state index in [0.29, 0.717) is 17.4 Å². The van der Waals surface area contributed by atoms with E-state index in [1.54, 1.807) is 0 Å². The maximum atomic E-state index is 12.7. The van der Waals surface area contributed by atoms with Gasteiger partial charge in [0.2, 0.25) is 0 Å². The zero-order valence-corrected chi connectivity index (χ0v) is 40.3. The first-order valence-electron chi connectivity index (χ1n) is 24.3. The first-order valence-corrected chi connectivity index (χ1v) is 25.8. The van der Waals surface area contributed by atoms with Crippen LogP contribution >= 0.6 is 7.82 Å². The summed E-state index contributed by atoms with van der Waals surface area (Å²) in [6.07, 6.45) is 49.9. The van der Waals surface area contributed by atoms with Crippen LogP contribution in [0.15, 0.2) is 48.6 Å². The van der Waals surface area contributed by atoms with Gasteiger partial charge in [-0.2, -0.15) is 0 Å². The minimum Gasteiger partial charge on any atom is -0.756 e. The zero-order chi connectivity index (χ0) is 44.3. The number of unbranched alkanes of at least 4 members (excludes halogenated alkanes) is 22. The molecule has 0 heterocycles. The minimum atomic E-state index is -4.64. The Bertz CT molecular complexity index is 1160. The first-order chi connectivity index (χ1) is 29.0. The smallest absolute Gasteiger partial charge is 0.306 e. The quantitative estimate of drug-likeness (QED) is 0.0196. The second-order valence-electron chi connectivity index (χ2n) is 17.5. The van der Waals surface area contributed by atoms with Crippen molar-refractivity contribution in [2.24, 2.45) is 0 Å². The maximum absolute atomic E-state index is 12.7. The lowest BCUT2D eigenvalue weighted by atomic mass is 10.1. The van der Waals surface area contributed by atoms with Crippen molar-refractivity contribution in [1.29, 1.82) is 0 Å². The molecule has 350 valence electrons. The predicted molar refractivity (Wildman–Crippen MR) is 250 cm³/mol. The third-order valence-electron chi connectivity index (χ3n) is 10.3. The van der Waals surface area contributed by atoms with Crippen LogP contribution in [0.4, 0.5) is 0 Å². The molecule has 2 atom stereocenters. The molecule has 0 amide bonds. The number of hydrogen-bond acceptors (Lipinski definition) is 8. The highest BCUT2D eigenvalue weighted by atomic mass is 31.2. The van der Waals surface area contributed by atoms with Crippen LogP contribution in [-0.4, -0.2) is 70.0 Å². The molecule has 0 saturated heterocycles. The number of carbonyl (C=O) groups excluding carboxylic acids is 2. The van der Waals surface area contributed by atoms with Gasteiger partial charge in [0, 0.05) is 12.8 Å². The van der Waals surface area contributed by atoms with Crippen LogP contribution in [0, 0.1) is 0 Å². The van der Waals surface area contributed by atoms with Crippen molar-refractivity contribution in [3.05, 3.63) is 48.6 Å². The Morgan fingerprint density at radius 1 is 0.517 bits per heavy atom. The minimum absolute atomic E-state index is 0.0368. The Kier molecular flexibility index (Phi) is 40.8. The van der Waals surface area contributed by atoms with Crippen LogP contribution in [-0.2, 0) is 32.7 Å². The highest BCUT2D eigenvalue weighted by Crippen LogP contribution is 2.38. The fourth-order valence-electron chi connectivity index (χ4n) is 6.48. The molecular formula is C50H92NO8P. The summed E-state index contributed by atoms with van der Waals surface area (Å²) in [6, 6.07) is 0. The summed E-state index contributed by atoms with van der Waals surface area (Å²) in [5.74, 6) is -0.860. The van der Waals surface area contributed by atoms with Crippen LogP contribution in [0.25, 0.3) is 0 Å². The molecule has 9 nitrogen and oxygen atoms in total.